The van der Waals surface area contributed by atoms with Gasteiger partial charge in [0.15, 0.2) is 0 Å². The third kappa shape index (κ3) is 2.39. The van der Waals surface area contributed by atoms with Crippen LogP contribution >= 0.6 is 15.9 Å². The molecule has 0 atom stereocenters. The Hall–Kier alpha value is -2.65. The molecule has 0 unspecified atom stereocenters. The summed E-state index contributed by atoms with van der Waals surface area (Å²) in [7, 11) is 0. The van der Waals surface area contributed by atoms with E-state index in [0.29, 0.717) is 11.4 Å². The smallest absolute Gasteiger partial charge is 0.132 e. The fourth-order valence-corrected chi connectivity index (χ4v) is 2.66. The van der Waals surface area contributed by atoms with Crippen LogP contribution in [0, 0.1) is 11.3 Å². The Kier molecular flexibility index (Phi) is 3.42. The lowest BCUT2D eigenvalue weighted by molar-refractivity contribution is 1.05. The zero-order valence-corrected chi connectivity index (χ0v) is 12.4. The zero-order valence-electron chi connectivity index (χ0n) is 10.9. The Bertz CT molecular complexity index is 847. The Labute approximate surface area is 129 Å². The molecule has 0 saturated carbocycles. The average molecular weight is 340 g/mol. The van der Waals surface area contributed by atoms with Crippen LogP contribution in [-0.4, -0.2) is 14.5 Å². The molecule has 5 nitrogen and oxygen atoms in total. The van der Waals surface area contributed by atoms with E-state index in [9.17, 15) is 0 Å². The van der Waals surface area contributed by atoms with Crippen LogP contribution < -0.4 is 5.73 Å². The number of pyridine rings is 1. The summed E-state index contributed by atoms with van der Waals surface area (Å²) in [6.45, 7) is 0. The van der Waals surface area contributed by atoms with Gasteiger partial charge in [-0.2, -0.15) is 5.26 Å². The number of nitriles is 1. The van der Waals surface area contributed by atoms with Crippen LogP contribution in [0.15, 0.2) is 53.5 Å². The van der Waals surface area contributed by atoms with Gasteiger partial charge in [0.2, 0.25) is 0 Å². The van der Waals surface area contributed by atoms with Crippen LogP contribution in [0.4, 0.5) is 5.82 Å². The van der Waals surface area contributed by atoms with E-state index in [2.05, 4.69) is 32.0 Å². The first-order valence-corrected chi connectivity index (χ1v) is 6.93. The SMILES string of the molecule is N#Cc1ccc(-n2cncc2-c2cccnc2N)c(Br)c1. The first-order chi connectivity index (χ1) is 10.2. The van der Waals surface area contributed by atoms with Gasteiger partial charge in [0.1, 0.15) is 5.82 Å². The van der Waals surface area contributed by atoms with Crippen LogP contribution in [0.3, 0.4) is 0 Å². The Balaban J connectivity index is 2.17. The first kappa shape index (κ1) is 13.3. The van der Waals surface area contributed by atoms with Gasteiger partial charge in [-0.3, -0.25) is 4.57 Å². The lowest BCUT2D eigenvalue weighted by Gasteiger charge is -2.11. The molecule has 6 heteroatoms. The number of rotatable bonds is 2. The standard InChI is InChI=1S/C15H10BrN5/c16-12-6-10(7-17)3-4-13(12)21-9-19-8-14(21)11-2-1-5-20-15(11)18/h1-6,8-9H,(H2,18,20). The fourth-order valence-electron chi connectivity index (χ4n) is 2.09. The molecule has 0 fully saturated rings. The Morgan fingerprint density at radius 1 is 1.29 bits per heavy atom. The first-order valence-electron chi connectivity index (χ1n) is 6.14. The van der Waals surface area contributed by atoms with Crippen LogP contribution in [0.5, 0.6) is 0 Å². The minimum atomic E-state index is 0.448. The lowest BCUT2D eigenvalue weighted by Crippen LogP contribution is -2.00. The third-order valence-electron chi connectivity index (χ3n) is 3.09. The molecule has 1 aromatic carbocycles. The van der Waals surface area contributed by atoms with Crippen molar-refractivity contribution in [2.24, 2.45) is 0 Å². The van der Waals surface area contributed by atoms with Crippen molar-refractivity contribution in [1.82, 2.24) is 14.5 Å². The van der Waals surface area contributed by atoms with E-state index < -0.39 is 0 Å². The van der Waals surface area contributed by atoms with Crippen LogP contribution in [0.1, 0.15) is 5.56 Å². The molecule has 0 amide bonds. The molecule has 0 bridgehead atoms. The largest absolute Gasteiger partial charge is 0.383 e. The molecular weight excluding hydrogens is 330 g/mol. The fraction of sp³-hybridized carbons (Fsp3) is 0. The molecule has 3 rings (SSSR count). The number of benzene rings is 1. The van der Waals surface area contributed by atoms with Gasteiger partial charge in [-0.15, -0.1) is 0 Å². The molecule has 0 spiro atoms. The molecule has 21 heavy (non-hydrogen) atoms. The highest BCUT2D eigenvalue weighted by Gasteiger charge is 2.12. The monoisotopic (exact) mass is 339 g/mol. The molecule has 3 aromatic rings. The lowest BCUT2D eigenvalue weighted by atomic mass is 10.1. The summed E-state index contributed by atoms with van der Waals surface area (Å²) in [5.74, 6) is 0.448. The normalized spacial score (nSPS) is 10.3. The summed E-state index contributed by atoms with van der Waals surface area (Å²) in [5, 5.41) is 8.94. The summed E-state index contributed by atoms with van der Waals surface area (Å²) >= 11 is 3.49. The van der Waals surface area contributed by atoms with Gasteiger partial charge in [-0.05, 0) is 46.3 Å². The van der Waals surface area contributed by atoms with Crippen molar-refractivity contribution in [3.8, 4) is 23.0 Å². The van der Waals surface area contributed by atoms with Crippen molar-refractivity contribution in [3.05, 3.63) is 59.1 Å². The molecule has 0 aliphatic heterocycles. The highest BCUT2D eigenvalue weighted by molar-refractivity contribution is 9.10. The second kappa shape index (κ2) is 5.38. The number of nitrogens with two attached hydrogens (primary N) is 1. The van der Waals surface area contributed by atoms with Crippen molar-refractivity contribution < 1.29 is 0 Å². The molecule has 2 heterocycles. The predicted octanol–water partition coefficient (Wildman–Crippen LogP) is 3.15. The maximum atomic E-state index is 8.94. The highest BCUT2D eigenvalue weighted by Crippen LogP contribution is 2.29. The quantitative estimate of drug-likeness (QED) is 0.777. The maximum Gasteiger partial charge on any atom is 0.132 e. The molecule has 0 aliphatic rings. The van der Waals surface area contributed by atoms with Crippen LogP contribution in [-0.2, 0) is 0 Å². The van der Waals surface area contributed by atoms with Gasteiger partial charge >= 0.3 is 0 Å². The van der Waals surface area contributed by atoms with Crippen molar-refractivity contribution in [1.29, 1.82) is 5.26 Å². The van der Waals surface area contributed by atoms with E-state index in [4.69, 9.17) is 11.0 Å². The minimum Gasteiger partial charge on any atom is -0.383 e. The number of anilines is 1. The van der Waals surface area contributed by atoms with Gasteiger partial charge in [0.25, 0.3) is 0 Å². The van der Waals surface area contributed by atoms with Gasteiger partial charge in [-0.1, -0.05) is 0 Å². The van der Waals surface area contributed by atoms with Gasteiger partial charge in [-0.25, -0.2) is 9.97 Å². The van der Waals surface area contributed by atoms with Crippen molar-refractivity contribution in [3.63, 3.8) is 0 Å². The Morgan fingerprint density at radius 3 is 2.86 bits per heavy atom. The van der Waals surface area contributed by atoms with E-state index in [1.165, 1.54) is 0 Å². The summed E-state index contributed by atoms with van der Waals surface area (Å²) in [6, 6.07) is 11.2. The number of imidazole rings is 1. The Morgan fingerprint density at radius 2 is 2.14 bits per heavy atom. The van der Waals surface area contributed by atoms with Crippen molar-refractivity contribution >= 4 is 21.7 Å². The summed E-state index contributed by atoms with van der Waals surface area (Å²) in [5.41, 5.74) is 9.06. The van der Waals surface area contributed by atoms with E-state index in [-0.39, 0.29) is 0 Å². The van der Waals surface area contributed by atoms with Crippen LogP contribution in [0.2, 0.25) is 0 Å². The molecule has 102 valence electrons. The highest BCUT2D eigenvalue weighted by atomic mass is 79.9. The van der Waals surface area contributed by atoms with E-state index >= 15 is 0 Å². The van der Waals surface area contributed by atoms with Gasteiger partial charge < -0.3 is 5.73 Å². The van der Waals surface area contributed by atoms with E-state index in [0.717, 1.165) is 21.4 Å². The average Bonchev–Trinajstić information content (AvgIpc) is 2.96. The van der Waals surface area contributed by atoms with E-state index in [1.54, 1.807) is 30.9 Å². The van der Waals surface area contributed by atoms with Gasteiger partial charge in [0.05, 0.1) is 35.5 Å². The topological polar surface area (TPSA) is 80.5 Å². The summed E-state index contributed by atoms with van der Waals surface area (Å²) in [4.78, 5) is 8.30. The second-order valence-corrected chi connectivity index (χ2v) is 5.22. The van der Waals surface area contributed by atoms with Gasteiger partial charge in [0, 0.05) is 16.2 Å². The molecule has 2 aromatic heterocycles. The second-order valence-electron chi connectivity index (χ2n) is 4.36. The summed E-state index contributed by atoms with van der Waals surface area (Å²) < 4.78 is 2.71. The number of nitrogens with zero attached hydrogens (tertiary/aromatic N) is 4. The number of aromatic nitrogens is 3. The molecule has 2 N–H and O–H groups in total. The number of nitrogen functional groups attached to an aromatic ring is 1. The molecule has 0 radical (unpaired) electrons. The van der Waals surface area contributed by atoms with Crippen molar-refractivity contribution in [2.45, 2.75) is 0 Å². The van der Waals surface area contributed by atoms with Crippen molar-refractivity contribution in [2.75, 3.05) is 5.73 Å². The van der Waals surface area contributed by atoms with E-state index in [1.807, 2.05) is 22.8 Å². The number of hydrogen-bond acceptors (Lipinski definition) is 4. The third-order valence-corrected chi connectivity index (χ3v) is 3.72. The molecular formula is C15H10BrN5. The minimum absolute atomic E-state index is 0.448. The van der Waals surface area contributed by atoms with Crippen LogP contribution in [0.25, 0.3) is 16.9 Å². The predicted molar refractivity (Wildman–Crippen MR) is 83.6 cm³/mol. The number of halogens is 1. The summed E-state index contributed by atoms with van der Waals surface area (Å²) in [6.07, 6.45) is 5.09. The zero-order chi connectivity index (χ0) is 14.8. The maximum absolute atomic E-state index is 8.94. The number of hydrogen-bond donors (Lipinski definition) is 1. The molecule has 0 saturated heterocycles. The molecule has 0 aliphatic carbocycles.